The van der Waals surface area contributed by atoms with E-state index in [0.29, 0.717) is 54.5 Å². The van der Waals surface area contributed by atoms with Gasteiger partial charge < -0.3 is 16.4 Å². The number of rotatable bonds is 6. The summed E-state index contributed by atoms with van der Waals surface area (Å²) in [6, 6.07) is 5.34. The van der Waals surface area contributed by atoms with Gasteiger partial charge in [0.05, 0.1) is 17.8 Å². The Bertz CT molecular complexity index is 1140. The summed E-state index contributed by atoms with van der Waals surface area (Å²) in [5.74, 6) is 1.99. The first kappa shape index (κ1) is 25.1. The van der Waals surface area contributed by atoms with Gasteiger partial charge in [0.2, 0.25) is 0 Å². The predicted octanol–water partition coefficient (Wildman–Crippen LogP) is 4.45. The maximum atomic E-state index is 13.8. The average molecular weight is 488 g/mol. The van der Waals surface area contributed by atoms with Gasteiger partial charge in [-0.3, -0.25) is 4.79 Å². The van der Waals surface area contributed by atoms with Crippen molar-refractivity contribution in [2.24, 2.45) is 11.1 Å². The topological polar surface area (TPSA) is 85.0 Å². The molecule has 4 rings (SSSR count). The lowest BCUT2D eigenvalue weighted by molar-refractivity contribution is -0.142. The van der Waals surface area contributed by atoms with Gasteiger partial charge in [0.25, 0.3) is 5.91 Å². The molecular weight excluding hydrogens is 455 g/mol. The molecule has 188 valence electrons. The number of amides is 1. The molecule has 1 amide bonds. The van der Waals surface area contributed by atoms with E-state index in [2.05, 4.69) is 35.5 Å². The van der Waals surface area contributed by atoms with Crippen LogP contribution in [0.25, 0.3) is 5.69 Å². The van der Waals surface area contributed by atoms with E-state index in [9.17, 15) is 18.0 Å². The van der Waals surface area contributed by atoms with E-state index < -0.39 is 17.8 Å². The minimum Gasteiger partial charge on any atom is -0.382 e. The summed E-state index contributed by atoms with van der Waals surface area (Å²) in [5.41, 5.74) is 6.80. The fraction of sp³-hybridized carbons (Fsp3) is 0.538. The van der Waals surface area contributed by atoms with Gasteiger partial charge in [-0.2, -0.15) is 18.3 Å². The number of primary amides is 1. The zero-order valence-corrected chi connectivity index (χ0v) is 20.1. The minimum atomic E-state index is -4.53. The van der Waals surface area contributed by atoms with E-state index in [0.717, 1.165) is 25.7 Å². The molecule has 0 spiro atoms. The highest BCUT2D eigenvalue weighted by molar-refractivity contribution is 5.99. The molecule has 2 aromatic rings. The molecule has 2 aliphatic carbocycles. The second-order valence-corrected chi connectivity index (χ2v) is 10.4. The summed E-state index contributed by atoms with van der Waals surface area (Å²) < 4.78 is 42.8. The fourth-order valence-corrected chi connectivity index (χ4v) is 5.24. The molecule has 0 unspecified atom stereocenters. The van der Waals surface area contributed by atoms with Gasteiger partial charge in [0.15, 0.2) is 5.69 Å². The van der Waals surface area contributed by atoms with E-state index in [1.807, 2.05) is 0 Å². The number of halogens is 3. The Morgan fingerprint density at radius 2 is 1.94 bits per heavy atom. The molecule has 0 radical (unpaired) electrons. The number of aromatic nitrogens is 2. The van der Waals surface area contributed by atoms with E-state index in [1.54, 1.807) is 18.2 Å². The number of terminal acetylenes is 1. The first-order valence-electron chi connectivity index (χ1n) is 12.0. The number of nitrogens with zero attached hydrogens (tertiary/aromatic N) is 2. The number of alkyl halides is 3. The number of hydrogen-bond acceptors (Lipinski definition) is 4. The van der Waals surface area contributed by atoms with Crippen molar-refractivity contribution in [2.75, 3.05) is 11.9 Å². The lowest BCUT2D eigenvalue weighted by Crippen LogP contribution is -2.37. The lowest BCUT2D eigenvalue weighted by atomic mass is 9.76. The van der Waals surface area contributed by atoms with Crippen molar-refractivity contribution in [2.45, 2.75) is 77.1 Å². The van der Waals surface area contributed by atoms with Crippen molar-refractivity contribution in [3.63, 3.8) is 0 Å². The van der Waals surface area contributed by atoms with E-state index in [1.165, 1.54) is 4.68 Å². The second-order valence-electron chi connectivity index (χ2n) is 10.4. The largest absolute Gasteiger partial charge is 0.435 e. The quantitative estimate of drug-likeness (QED) is 0.526. The molecule has 1 saturated carbocycles. The van der Waals surface area contributed by atoms with Crippen LogP contribution >= 0.6 is 0 Å². The maximum Gasteiger partial charge on any atom is 0.435 e. The number of benzene rings is 1. The van der Waals surface area contributed by atoms with Crippen LogP contribution < -0.4 is 16.4 Å². The Morgan fingerprint density at radius 1 is 1.26 bits per heavy atom. The van der Waals surface area contributed by atoms with Crippen LogP contribution in [0.15, 0.2) is 18.2 Å². The number of fused-ring (bicyclic) bond motifs is 1. The first-order valence-corrected chi connectivity index (χ1v) is 12.0. The minimum absolute atomic E-state index is 0.114. The summed E-state index contributed by atoms with van der Waals surface area (Å²) in [4.78, 5) is 12.1. The molecule has 4 N–H and O–H groups in total. The summed E-state index contributed by atoms with van der Waals surface area (Å²) in [6.07, 6.45) is 5.89. The Labute approximate surface area is 203 Å². The van der Waals surface area contributed by atoms with Crippen molar-refractivity contribution in [1.82, 2.24) is 15.1 Å². The average Bonchev–Trinajstić information content (AvgIpc) is 3.16. The highest BCUT2D eigenvalue weighted by Gasteiger charge is 2.42. The van der Waals surface area contributed by atoms with Crippen molar-refractivity contribution in [3.8, 4) is 18.0 Å². The van der Waals surface area contributed by atoms with Gasteiger partial charge >= 0.3 is 6.18 Å². The Morgan fingerprint density at radius 3 is 2.57 bits per heavy atom. The number of anilines is 1. The third-order valence-electron chi connectivity index (χ3n) is 7.15. The van der Waals surface area contributed by atoms with Crippen molar-refractivity contribution in [1.29, 1.82) is 0 Å². The second kappa shape index (κ2) is 9.57. The van der Waals surface area contributed by atoms with Gasteiger partial charge in [-0.1, -0.05) is 19.8 Å². The van der Waals surface area contributed by atoms with E-state index >= 15 is 0 Å². The number of hydrogen-bond donors (Lipinski definition) is 3. The van der Waals surface area contributed by atoms with E-state index in [4.69, 9.17) is 12.2 Å². The Balaban J connectivity index is 1.66. The molecular formula is C26H32F3N5O. The van der Waals surface area contributed by atoms with Gasteiger partial charge in [0.1, 0.15) is 0 Å². The molecule has 0 saturated heterocycles. The zero-order chi connectivity index (χ0) is 25.4. The summed E-state index contributed by atoms with van der Waals surface area (Å²) in [6.45, 7) is 4.64. The highest BCUT2D eigenvalue weighted by atomic mass is 19.4. The van der Waals surface area contributed by atoms with Gasteiger partial charge in [-0.15, -0.1) is 6.42 Å². The smallest absolute Gasteiger partial charge is 0.382 e. The van der Waals surface area contributed by atoms with Crippen LogP contribution in [0.5, 0.6) is 0 Å². The van der Waals surface area contributed by atoms with Crippen LogP contribution in [0, 0.1) is 17.8 Å². The lowest BCUT2D eigenvalue weighted by Gasteiger charge is -2.31. The van der Waals surface area contributed by atoms with Crippen molar-refractivity contribution >= 4 is 11.6 Å². The third-order valence-corrected chi connectivity index (χ3v) is 7.15. The van der Waals surface area contributed by atoms with Crippen LogP contribution in [0.3, 0.4) is 0 Å². The maximum absolute atomic E-state index is 13.8. The highest BCUT2D eigenvalue weighted by Crippen LogP contribution is 2.42. The summed E-state index contributed by atoms with van der Waals surface area (Å²) in [7, 11) is 0. The zero-order valence-electron chi connectivity index (χ0n) is 20.1. The van der Waals surface area contributed by atoms with Crippen LogP contribution in [0.1, 0.15) is 73.3 Å². The standard InChI is InChI=1S/C26H32F3N5O/c1-4-13-31-16-5-7-17(8-6-16)32-21-14-18(9-10-19(21)24(30)35)34-22-15-25(2,3)12-11-20(22)23(33-34)26(27,28)29/h1,9-10,14,16-17,31-32H,5-8,11-13,15H2,2-3H3,(H2,30,35)/t16-,17-. The van der Waals surface area contributed by atoms with Gasteiger partial charge in [-0.05, 0) is 68.6 Å². The van der Waals surface area contributed by atoms with Crippen LogP contribution in [0.4, 0.5) is 18.9 Å². The van der Waals surface area contributed by atoms with Crippen molar-refractivity contribution in [3.05, 3.63) is 40.7 Å². The Kier molecular flexibility index (Phi) is 6.87. The molecule has 1 fully saturated rings. The monoisotopic (exact) mass is 487 g/mol. The number of carbonyl (C=O) groups excluding carboxylic acids is 1. The molecule has 0 aliphatic heterocycles. The van der Waals surface area contributed by atoms with Crippen LogP contribution in [-0.2, 0) is 19.0 Å². The van der Waals surface area contributed by atoms with Crippen LogP contribution in [-0.4, -0.2) is 34.3 Å². The normalized spacial score (nSPS) is 21.7. The van der Waals surface area contributed by atoms with Crippen molar-refractivity contribution < 1.29 is 18.0 Å². The molecule has 0 atom stereocenters. The Hall–Kier alpha value is -2.99. The molecule has 0 bridgehead atoms. The first-order chi connectivity index (χ1) is 16.5. The summed E-state index contributed by atoms with van der Waals surface area (Å²) >= 11 is 0. The molecule has 1 heterocycles. The van der Waals surface area contributed by atoms with Gasteiger partial charge in [-0.25, -0.2) is 4.68 Å². The number of carbonyl (C=O) groups is 1. The molecule has 9 heteroatoms. The number of nitrogens with two attached hydrogens (primary N) is 1. The van der Waals surface area contributed by atoms with Gasteiger partial charge in [0, 0.05) is 29.0 Å². The molecule has 6 nitrogen and oxygen atoms in total. The molecule has 1 aromatic carbocycles. The summed E-state index contributed by atoms with van der Waals surface area (Å²) in [5, 5.41) is 10.8. The predicted molar refractivity (Wildman–Crippen MR) is 129 cm³/mol. The molecule has 35 heavy (non-hydrogen) atoms. The van der Waals surface area contributed by atoms with E-state index in [-0.39, 0.29) is 17.0 Å². The molecule has 1 aromatic heterocycles. The van der Waals surface area contributed by atoms with Crippen LogP contribution in [0.2, 0.25) is 0 Å². The fourth-order valence-electron chi connectivity index (χ4n) is 5.24. The third kappa shape index (κ3) is 5.48. The SMILES string of the molecule is C#CCN[C@H]1CC[C@H](Nc2cc(-n3nc(C(F)(F)F)c4c3CC(C)(C)CC4)ccc2C(N)=O)CC1. The number of nitrogens with one attached hydrogen (secondary N) is 2. The molecule has 2 aliphatic rings.